The van der Waals surface area contributed by atoms with Crippen LogP contribution in [0.4, 0.5) is 0 Å². The fourth-order valence-electron chi connectivity index (χ4n) is 1.48. The molecular formula is C11H17ClN2O2. The average molecular weight is 245 g/mol. The van der Waals surface area contributed by atoms with E-state index in [0.717, 1.165) is 6.42 Å². The van der Waals surface area contributed by atoms with Gasteiger partial charge in [-0.2, -0.15) is 0 Å². The third-order valence-corrected chi connectivity index (χ3v) is 2.84. The van der Waals surface area contributed by atoms with Crippen LogP contribution in [0.1, 0.15) is 32.8 Å². The number of rotatable bonds is 4. The maximum Gasteiger partial charge on any atom is 0.329 e. The molecular weight excluding hydrogens is 228 g/mol. The minimum atomic E-state index is -0.423. The molecule has 0 saturated carbocycles. The van der Waals surface area contributed by atoms with Crippen LogP contribution in [0, 0.1) is 5.92 Å². The molecule has 1 rings (SSSR count). The normalized spacial score (nSPS) is 11.1. The van der Waals surface area contributed by atoms with Crippen molar-refractivity contribution in [2.24, 2.45) is 5.92 Å². The zero-order chi connectivity index (χ0) is 12.3. The lowest BCUT2D eigenvalue weighted by molar-refractivity contribution is 0.492. The minimum Gasteiger partial charge on any atom is -0.297 e. The monoisotopic (exact) mass is 244 g/mol. The molecule has 4 nitrogen and oxygen atoms in total. The van der Waals surface area contributed by atoms with Crippen LogP contribution in [-0.2, 0) is 13.0 Å². The standard InChI is InChI=1S/C11H17ClN2O2/c1-4-8-9(12)13-11(16)14(10(8)15)6-5-7(2)3/h7H,4-6H2,1-3H3,(H,13,16). The zero-order valence-electron chi connectivity index (χ0n) is 9.84. The average Bonchev–Trinajstić information content (AvgIpc) is 2.16. The van der Waals surface area contributed by atoms with Crippen LogP contribution in [0.5, 0.6) is 0 Å². The molecule has 1 heterocycles. The maximum atomic E-state index is 11.9. The number of hydrogen-bond acceptors (Lipinski definition) is 2. The van der Waals surface area contributed by atoms with Gasteiger partial charge in [0, 0.05) is 6.54 Å². The van der Waals surface area contributed by atoms with E-state index in [1.165, 1.54) is 4.57 Å². The first-order valence-corrected chi connectivity index (χ1v) is 5.86. The maximum absolute atomic E-state index is 11.9. The van der Waals surface area contributed by atoms with Gasteiger partial charge in [0.2, 0.25) is 0 Å². The lowest BCUT2D eigenvalue weighted by atomic mass is 10.1. The quantitative estimate of drug-likeness (QED) is 0.822. The fraction of sp³-hybridized carbons (Fsp3) is 0.636. The van der Waals surface area contributed by atoms with Crippen molar-refractivity contribution in [2.45, 2.75) is 40.2 Å². The molecule has 0 spiro atoms. The molecule has 1 aromatic heterocycles. The largest absolute Gasteiger partial charge is 0.329 e. The third-order valence-electron chi connectivity index (χ3n) is 2.51. The van der Waals surface area contributed by atoms with Crippen molar-refractivity contribution < 1.29 is 0 Å². The van der Waals surface area contributed by atoms with Gasteiger partial charge in [-0.15, -0.1) is 0 Å². The van der Waals surface area contributed by atoms with Crippen LogP contribution in [0.2, 0.25) is 5.15 Å². The molecule has 0 aliphatic carbocycles. The molecule has 1 aromatic rings. The van der Waals surface area contributed by atoms with Crippen molar-refractivity contribution in [3.05, 3.63) is 31.6 Å². The van der Waals surface area contributed by atoms with Crippen molar-refractivity contribution in [1.29, 1.82) is 0 Å². The Hall–Kier alpha value is -1.03. The minimum absolute atomic E-state index is 0.165. The molecule has 5 heteroatoms. The van der Waals surface area contributed by atoms with Gasteiger partial charge in [-0.3, -0.25) is 14.3 Å². The van der Waals surface area contributed by atoms with Crippen molar-refractivity contribution in [3.8, 4) is 0 Å². The first-order valence-electron chi connectivity index (χ1n) is 5.48. The zero-order valence-corrected chi connectivity index (χ0v) is 10.6. The summed E-state index contributed by atoms with van der Waals surface area (Å²) in [5.41, 5.74) is -0.213. The molecule has 0 fully saturated rings. The Balaban J connectivity index is 3.19. The summed E-state index contributed by atoms with van der Waals surface area (Å²) in [4.78, 5) is 26.0. The summed E-state index contributed by atoms with van der Waals surface area (Å²) in [6.07, 6.45) is 1.32. The molecule has 90 valence electrons. The van der Waals surface area contributed by atoms with Gasteiger partial charge in [0.05, 0.1) is 5.56 Å². The number of H-pyrrole nitrogens is 1. The number of nitrogens with zero attached hydrogens (tertiary/aromatic N) is 1. The summed E-state index contributed by atoms with van der Waals surface area (Å²) in [5, 5.41) is 0.165. The second-order valence-electron chi connectivity index (χ2n) is 4.22. The summed E-state index contributed by atoms with van der Waals surface area (Å²) < 4.78 is 1.23. The topological polar surface area (TPSA) is 54.9 Å². The van der Waals surface area contributed by atoms with E-state index in [1.54, 1.807) is 0 Å². The predicted molar refractivity (Wildman–Crippen MR) is 65.2 cm³/mol. The number of hydrogen-bond donors (Lipinski definition) is 1. The van der Waals surface area contributed by atoms with Gasteiger partial charge >= 0.3 is 5.69 Å². The molecule has 0 aliphatic rings. The highest BCUT2D eigenvalue weighted by molar-refractivity contribution is 6.30. The molecule has 16 heavy (non-hydrogen) atoms. The molecule has 0 unspecified atom stereocenters. The Kier molecular flexibility index (Phi) is 4.35. The third kappa shape index (κ3) is 2.76. The van der Waals surface area contributed by atoms with Crippen molar-refractivity contribution in [3.63, 3.8) is 0 Å². The summed E-state index contributed by atoms with van der Waals surface area (Å²) in [6.45, 7) is 6.38. The first-order chi connectivity index (χ1) is 7.47. The van der Waals surface area contributed by atoms with E-state index >= 15 is 0 Å². The number of nitrogens with one attached hydrogen (secondary N) is 1. The molecule has 1 N–H and O–H groups in total. The Bertz CT molecular complexity index is 474. The summed E-state index contributed by atoms with van der Waals surface area (Å²) in [6, 6.07) is 0. The van der Waals surface area contributed by atoms with Gasteiger partial charge in [0.1, 0.15) is 5.15 Å². The fourth-order valence-corrected chi connectivity index (χ4v) is 1.78. The van der Waals surface area contributed by atoms with Crippen molar-refractivity contribution in [2.75, 3.05) is 0 Å². The van der Waals surface area contributed by atoms with E-state index in [-0.39, 0.29) is 10.7 Å². The van der Waals surface area contributed by atoms with Gasteiger partial charge < -0.3 is 0 Å². The van der Waals surface area contributed by atoms with Gasteiger partial charge in [0.15, 0.2) is 0 Å². The van der Waals surface area contributed by atoms with E-state index < -0.39 is 5.69 Å². The lowest BCUT2D eigenvalue weighted by Crippen LogP contribution is -2.37. The number of aromatic nitrogens is 2. The van der Waals surface area contributed by atoms with E-state index in [2.05, 4.69) is 18.8 Å². The van der Waals surface area contributed by atoms with Crippen LogP contribution in [-0.4, -0.2) is 9.55 Å². The van der Waals surface area contributed by atoms with E-state index in [0.29, 0.717) is 24.4 Å². The summed E-state index contributed by atoms with van der Waals surface area (Å²) >= 11 is 5.80. The Morgan fingerprint density at radius 1 is 1.38 bits per heavy atom. The van der Waals surface area contributed by atoms with E-state index in [9.17, 15) is 9.59 Å². The molecule has 0 saturated heterocycles. The summed E-state index contributed by atoms with van der Waals surface area (Å²) in [7, 11) is 0. The summed E-state index contributed by atoms with van der Waals surface area (Å²) in [5.74, 6) is 0.451. The molecule has 0 aromatic carbocycles. The van der Waals surface area contributed by atoms with Gasteiger partial charge in [-0.25, -0.2) is 4.79 Å². The lowest BCUT2D eigenvalue weighted by Gasteiger charge is -2.09. The van der Waals surface area contributed by atoms with Gasteiger partial charge in [0.25, 0.3) is 5.56 Å². The first kappa shape index (κ1) is 13.0. The van der Waals surface area contributed by atoms with Crippen molar-refractivity contribution >= 4 is 11.6 Å². The second kappa shape index (κ2) is 5.34. The SMILES string of the molecule is CCc1c(Cl)[nH]c(=O)n(CCC(C)C)c1=O. The molecule has 0 aliphatic heterocycles. The van der Waals surface area contributed by atoms with Crippen LogP contribution < -0.4 is 11.2 Å². The highest BCUT2D eigenvalue weighted by atomic mass is 35.5. The Morgan fingerprint density at radius 2 is 2.00 bits per heavy atom. The molecule has 0 radical (unpaired) electrons. The Morgan fingerprint density at radius 3 is 2.50 bits per heavy atom. The van der Waals surface area contributed by atoms with Crippen LogP contribution in [0.25, 0.3) is 0 Å². The van der Waals surface area contributed by atoms with Crippen LogP contribution >= 0.6 is 11.6 Å². The smallest absolute Gasteiger partial charge is 0.297 e. The molecule has 0 atom stereocenters. The number of halogens is 1. The Labute approximate surface area is 99.3 Å². The van der Waals surface area contributed by atoms with Gasteiger partial charge in [-0.1, -0.05) is 32.4 Å². The van der Waals surface area contributed by atoms with Crippen LogP contribution in [0.3, 0.4) is 0 Å². The van der Waals surface area contributed by atoms with Gasteiger partial charge in [-0.05, 0) is 18.8 Å². The number of aromatic amines is 1. The van der Waals surface area contributed by atoms with Crippen LogP contribution in [0.15, 0.2) is 9.59 Å². The predicted octanol–water partition coefficient (Wildman–Crippen LogP) is 1.80. The van der Waals surface area contributed by atoms with E-state index in [1.807, 2.05) is 6.92 Å². The second-order valence-corrected chi connectivity index (χ2v) is 4.59. The van der Waals surface area contributed by atoms with E-state index in [4.69, 9.17) is 11.6 Å². The molecule has 0 bridgehead atoms. The highest BCUT2D eigenvalue weighted by Crippen LogP contribution is 2.06. The molecule has 0 amide bonds. The van der Waals surface area contributed by atoms with Crippen molar-refractivity contribution in [1.82, 2.24) is 9.55 Å². The highest BCUT2D eigenvalue weighted by Gasteiger charge is 2.10.